The van der Waals surface area contributed by atoms with Crippen molar-refractivity contribution in [2.24, 2.45) is 16.3 Å². The number of Topliss-reactive ketones (excluding diaryl/α,β-unsaturated/α-hetero) is 2. The van der Waals surface area contributed by atoms with Crippen LogP contribution < -0.4 is 0 Å². The summed E-state index contributed by atoms with van der Waals surface area (Å²) in [6.07, 6.45) is 1.12. The smallest absolute Gasteiger partial charge is 0.173 e. The van der Waals surface area contributed by atoms with E-state index in [0.29, 0.717) is 34.0 Å². The van der Waals surface area contributed by atoms with Crippen LogP contribution in [0.1, 0.15) is 54.1 Å². The van der Waals surface area contributed by atoms with E-state index in [1.807, 2.05) is 36.4 Å². The van der Waals surface area contributed by atoms with Gasteiger partial charge in [-0.2, -0.15) is 0 Å². The molecule has 0 fully saturated rings. The summed E-state index contributed by atoms with van der Waals surface area (Å²) in [7, 11) is 0. The lowest BCUT2D eigenvalue weighted by Crippen LogP contribution is -2.37. The summed E-state index contributed by atoms with van der Waals surface area (Å²) >= 11 is 12.9. The van der Waals surface area contributed by atoms with E-state index in [9.17, 15) is 9.59 Å². The molecule has 29 heavy (non-hydrogen) atoms. The Bertz CT molecular complexity index is 1160. The van der Waals surface area contributed by atoms with Gasteiger partial charge in [-0.05, 0) is 23.5 Å². The Balaban J connectivity index is 1.80. The van der Waals surface area contributed by atoms with Gasteiger partial charge in [0.25, 0.3) is 0 Å². The van der Waals surface area contributed by atoms with Crippen LogP contribution in [0.15, 0.2) is 58.7 Å². The van der Waals surface area contributed by atoms with Crippen LogP contribution in [0.5, 0.6) is 0 Å². The lowest BCUT2D eigenvalue weighted by atomic mass is 9.66. The maximum atomic E-state index is 13.4. The second-order valence-corrected chi connectivity index (χ2v) is 9.59. The third-order valence-electron chi connectivity index (χ3n) is 6.16. The molecular formula is C24H19Cl2NO2. The number of carbonyl (C=O) groups is 2. The highest BCUT2D eigenvalue weighted by molar-refractivity contribution is 6.42. The Labute approximate surface area is 179 Å². The highest BCUT2D eigenvalue weighted by atomic mass is 35.5. The normalized spacial score (nSPS) is 24.8. The third-order valence-corrected chi connectivity index (χ3v) is 6.99. The van der Waals surface area contributed by atoms with Crippen molar-refractivity contribution in [1.29, 1.82) is 0 Å². The van der Waals surface area contributed by atoms with E-state index in [1.54, 1.807) is 6.07 Å². The zero-order valence-corrected chi connectivity index (χ0v) is 17.6. The minimum absolute atomic E-state index is 0.00965. The molecule has 0 unspecified atom stereocenters. The molecule has 0 bridgehead atoms. The largest absolute Gasteiger partial charge is 0.294 e. The van der Waals surface area contributed by atoms with Crippen molar-refractivity contribution in [3.05, 3.63) is 80.5 Å². The van der Waals surface area contributed by atoms with Gasteiger partial charge < -0.3 is 0 Å². The van der Waals surface area contributed by atoms with E-state index >= 15 is 0 Å². The number of rotatable bonds is 1. The van der Waals surface area contributed by atoms with E-state index in [2.05, 4.69) is 13.8 Å². The number of halogens is 2. The lowest BCUT2D eigenvalue weighted by molar-refractivity contribution is -0.118. The predicted octanol–water partition coefficient (Wildman–Crippen LogP) is 6.04. The number of aliphatic imine (C=N–C) groups is 1. The number of hydrogen-bond acceptors (Lipinski definition) is 3. The molecule has 0 saturated heterocycles. The van der Waals surface area contributed by atoms with Crippen molar-refractivity contribution in [2.75, 3.05) is 0 Å². The van der Waals surface area contributed by atoms with E-state index in [4.69, 9.17) is 28.2 Å². The molecule has 0 N–H and O–H groups in total. The van der Waals surface area contributed by atoms with Gasteiger partial charge in [0.05, 0.1) is 21.7 Å². The molecule has 3 aliphatic rings. The van der Waals surface area contributed by atoms with E-state index in [0.717, 1.165) is 22.5 Å². The fourth-order valence-electron chi connectivity index (χ4n) is 4.98. The van der Waals surface area contributed by atoms with Crippen molar-refractivity contribution in [3.8, 4) is 0 Å². The Hall–Kier alpha value is -2.23. The average Bonchev–Trinajstić information content (AvgIpc) is 2.94. The number of benzene rings is 2. The molecule has 0 radical (unpaired) electrons. The van der Waals surface area contributed by atoms with Crippen molar-refractivity contribution < 1.29 is 9.59 Å². The van der Waals surface area contributed by atoms with Crippen LogP contribution in [0.25, 0.3) is 0 Å². The molecule has 1 aliphatic heterocycles. The molecule has 146 valence electrons. The fraction of sp³-hybridized carbons (Fsp3) is 0.292. The molecule has 0 amide bonds. The van der Waals surface area contributed by atoms with Crippen LogP contribution in [-0.2, 0) is 4.79 Å². The second kappa shape index (κ2) is 6.38. The molecule has 2 aliphatic carbocycles. The Morgan fingerprint density at radius 3 is 2.41 bits per heavy atom. The first-order chi connectivity index (χ1) is 13.8. The van der Waals surface area contributed by atoms with E-state index < -0.39 is 11.8 Å². The van der Waals surface area contributed by atoms with Gasteiger partial charge >= 0.3 is 0 Å². The van der Waals surface area contributed by atoms with Crippen LogP contribution >= 0.6 is 23.2 Å². The number of carbonyl (C=O) groups excluding carboxylic acids is 2. The molecule has 2 aromatic rings. The average molecular weight is 424 g/mol. The summed E-state index contributed by atoms with van der Waals surface area (Å²) in [6, 6.07) is 13.0. The van der Waals surface area contributed by atoms with Crippen LogP contribution in [-0.4, -0.2) is 17.3 Å². The Morgan fingerprint density at radius 1 is 0.931 bits per heavy atom. The van der Waals surface area contributed by atoms with Gasteiger partial charge in [0.1, 0.15) is 0 Å². The van der Waals surface area contributed by atoms with Crippen LogP contribution in [0.4, 0.5) is 0 Å². The molecule has 5 heteroatoms. The van der Waals surface area contributed by atoms with Gasteiger partial charge in [0.15, 0.2) is 11.6 Å². The highest BCUT2D eigenvalue weighted by Crippen LogP contribution is 2.52. The standard InChI is InChI=1S/C24H19Cl2NO2/c1-24(2)10-16-19(17(28)11-24)18(14-8-5-9-15(25)21(14)26)20-22(27-16)12-6-3-4-7-13(12)23(20)29/h3-9,18,20H,10-11H2,1-2H3/t18-,20+/m1/s1. The number of allylic oxidation sites excluding steroid dienone is 2. The summed E-state index contributed by atoms with van der Waals surface area (Å²) in [5, 5.41) is 0.815. The molecule has 5 rings (SSSR count). The molecular weight excluding hydrogens is 405 g/mol. The van der Waals surface area contributed by atoms with Gasteiger partial charge in [0, 0.05) is 34.7 Å². The minimum Gasteiger partial charge on any atom is -0.294 e. The molecule has 1 heterocycles. The first-order valence-electron chi connectivity index (χ1n) is 9.71. The lowest BCUT2D eigenvalue weighted by Gasteiger charge is -2.38. The zero-order chi connectivity index (χ0) is 20.5. The predicted molar refractivity (Wildman–Crippen MR) is 115 cm³/mol. The number of fused-ring (bicyclic) bond motifs is 3. The Kier molecular flexibility index (Phi) is 4.13. The van der Waals surface area contributed by atoms with Crippen molar-refractivity contribution in [3.63, 3.8) is 0 Å². The van der Waals surface area contributed by atoms with Gasteiger partial charge in [0.2, 0.25) is 0 Å². The molecule has 2 atom stereocenters. The number of hydrogen-bond donors (Lipinski definition) is 0. The van der Waals surface area contributed by atoms with Crippen molar-refractivity contribution >= 4 is 40.5 Å². The summed E-state index contributed by atoms with van der Waals surface area (Å²) in [4.78, 5) is 31.6. The van der Waals surface area contributed by atoms with Gasteiger partial charge in [-0.3, -0.25) is 14.6 Å². The first-order valence-corrected chi connectivity index (χ1v) is 10.5. The Morgan fingerprint density at radius 2 is 1.66 bits per heavy atom. The maximum absolute atomic E-state index is 13.4. The molecule has 0 spiro atoms. The number of ketones is 2. The quantitative estimate of drug-likeness (QED) is 0.561. The van der Waals surface area contributed by atoms with Crippen LogP contribution in [0, 0.1) is 11.3 Å². The zero-order valence-electron chi connectivity index (χ0n) is 16.1. The minimum atomic E-state index is -0.549. The molecule has 0 aromatic heterocycles. The monoisotopic (exact) mass is 423 g/mol. The van der Waals surface area contributed by atoms with Crippen molar-refractivity contribution in [1.82, 2.24) is 0 Å². The first kappa shape index (κ1) is 18.8. The second-order valence-electron chi connectivity index (χ2n) is 8.81. The van der Waals surface area contributed by atoms with Crippen LogP contribution in [0.3, 0.4) is 0 Å². The highest BCUT2D eigenvalue weighted by Gasteiger charge is 2.50. The summed E-state index contributed by atoms with van der Waals surface area (Å²) in [5.41, 5.74) is 4.22. The van der Waals surface area contributed by atoms with Gasteiger partial charge in [-0.1, -0.05) is 73.4 Å². The van der Waals surface area contributed by atoms with Crippen LogP contribution in [0.2, 0.25) is 10.0 Å². The molecule has 3 nitrogen and oxygen atoms in total. The molecule has 2 aromatic carbocycles. The number of nitrogens with zero attached hydrogens (tertiary/aromatic N) is 1. The maximum Gasteiger partial charge on any atom is 0.173 e. The van der Waals surface area contributed by atoms with E-state index in [-0.39, 0.29) is 17.0 Å². The molecule has 0 saturated carbocycles. The summed E-state index contributed by atoms with van der Waals surface area (Å²) in [5.74, 6) is -0.979. The SMILES string of the molecule is CC1(C)CC(=O)C2=C(C1)N=C1c3ccccc3C(=O)[C@H]1[C@@H]2c1cccc(Cl)c1Cl. The third kappa shape index (κ3) is 2.75. The van der Waals surface area contributed by atoms with Gasteiger partial charge in [-0.25, -0.2) is 0 Å². The van der Waals surface area contributed by atoms with Crippen molar-refractivity contribution in [2.45, 2.75) is 32.6 Å². The van der Waals surface area contributed by atoms with E-state index in [1.165, 1.54) is 0 Å². The topological polar surface area (TPSA) is 46.5 Å². The summed E-state index contributed by atoms with van der Waals surface area (Å²) < 4.78 is 0. The fourth-order valence-corrected chi connectivity index (χ4v) is 5.41. The van der Waals surface area contributed by atoms with Gasteiger partial charge in [-0.15, -0.1) is 0 Å². The summed E-state index contributed by atoms with van der Waals surface area (Å²) in [6.45, 7) is 4.16.